The first-order valence-corrected chi connectivity index (χ1v) is 14.2. The molecule has 2 aliphatic carbocycles. The molecule has 6 atom stereocenters. The molecule has 4 fully saturated rings. The van der Waals surface area contributed by atoms with E-state index in [-0.39, 0.29) is 11.6 Å². The summed E-state index contributed by atoms with van der Waals surface area (Å²) in [6.07, 6.45) is 11.4. The summed E-state index contributed by atoms with van der Waals surface area (Å²) in [5.41, 5.74) is 16.2. The summed E-state index contributed by atoms with van der Waals surface area (Å²) in [6.45, 7) is 11.8. The van der Waals surface area contributed by atoms with Gasteiger partial charge in [0.2, 0.25) is 0 Å². The van der Waals surface area contributed by atoms with Crippen molar-refractivity contribution in [3.63, 3.8) is 0 Å². The van der Waals surface area contributed by atoms with Gasteiger partial charge in [-0.1, -0.05) is 27.7 Å². The fourth-order valence-electron chi connectivity index (χ4n) is 7.64. The number of anilines is 2. The van der Waals surface area contributed by atoms with Gasteiger partial charge in [0.15, 0.2) is 11.6 Å². The molecule has 2 unspecified atom stereocenters. The molecule has 4 N–H and O–H groups in total. The van der Waals surface area contributed by atoms with Crippen LogP contribution in [0, 0.1) is 23.7 Å². The van der Waals surface area contributed by atoms with Gasteiger partial charge in [-0.05, 0) is 60.8 Å². The lowest BCUT2D eigenvalue weighted by Gasteiger charge is -2.45. The lowest BCUT2D eigenvalue weighted by atomic mass is 9.69. The number of aromatic nitrogens is 2. The van der Waals surface area contributed by atoms with Crippen molar-refractivity contribution in [2.24, 2.45) is 23.7 Å². The van der Waals surface area contributed by atoms with Crippen molar-refractivity contribution in [2.45, 2.75) is 76.8 Å². The third-order valence-corrected chi connectivity index (χ3v) is 9.43. The quantitative estimate of drug-likeness (QED) is 0.557. The molecule has 38 heavy (non-hydrogen) atoms. The molecule has 0 bridgehead atoms. The van der Waals surface area contributed by atoms with Crippen molar-refractivity contribution in [1.82, 2.24) is 9.97 Å². The first-order chi connectivity index (χ1) is 18.3. The SMILES string of the molecule is C[C@@H]1CC(c2ccncc2N)C[C@H](C)C12OCCO2.C[C@@H]1CC(c2ccncc2N)C[C@H](C)C12OCCO2. The Morgan fingerprint density at radius 2 is 0.921 bits per heavy atom. The lowest BCUT2D eigenvalue weighted by molar-refractivity contribution is -0.240. The minimum absolute atomic E-state index is 0.363. The topological polar surface area (TPSA) is 115 Å². The Balaban J connectivity index is 0.000000155. The van der Waals surface area contributed by atoms with E-state index in [0.717, 1.165) is 63.5 Å². The van der Waals surface area contributed by atoms with Crippen LogP contribution in [0.3, 0.4) is 0 Å². The van der Waals surface area contributed by atoms with E-state index < -0.39 is 0 Å². The predicted molar refractivity (Wildman–Crippen MR) is 147 cm³/mol. The molecule has 8 heteroatoms. The summed E-state index contributed by atoms with van der Waals surface area (Å²) in [7, 11) is 0. The van der Waals surface area contributed by atoms with Crippen LogP contribution in [0.25, 0.3) is 0 Å². The maximum absolute atomic E-state index is 6.06. The van der Waals surface area contributed by atoms with E-state index in [1.807, 2.05) is 24.5 Å². The van der Waals surface area contributed by atoms with E-state index in [1.165, 1.54) is 11.1 Å². The molecule has 8 nitrogen and oxygen atoms in total. The molecular weight excluding hydrogens is 480 g/mol. The van der Waals surface area contributed by atoms with Gasteiger partial charge in [-0.3, -0.25) is 9.97 Å². The maximum Gasteiger partial charge on any atom is 0.173 e. The highest BCUT2D eigenvalue weighted by atomic mass is 16.7. The summed E-state index contributed by atoms with van der Waals surface area (Å²) < 4.78 is 23.8. The van der Waals surface area contributed by atoms with Crippen molar-refractivity contribution in [2.75, 3.05) is 37.9 Å². The Morgan fingerprint density at radius 1 is 0.605 bits per heavy atom. The van der Waals surface area contributed by atoms with E-state index in [1.54, 1.807) is 12.4 Å². The highest BCUT2D eigenvalue weighted by Gasteiger charge is 2.52. The van der Waals surface area contributed by atoms with Crippen molar-refractivity contribution in [3.05, 3.63) is 48.0 Å². The third-order valence-electron chi connectivity index (χ3n) is 9.43. The summed E-state index contributed by atoms with van der Waals surface area (Å²) in [5, 5.41) is 0. The van der Waals surface area contributed by atoms with Gasteiger partial charge >= 0.3 is 0 Å². The van der Waals surface area contributed by atoms with Gasteiger partial charge in [-0.2, -0.15) is 0 Å². The number of rotatable bonds is 2. The molecule has 2 aliphatic heterocycles. The Kier molecular flexibility index (Phi) is 7.96. The number of hydrogen-bond acceptors (Lipinski definition) is 8. The highest BCUT2D eigenvalue weighted by molar-refractivity contribution is 5.47. The highest BCUT2D eigenvalue weighted by Crippen LogP contribution is 2.51. The Morgan fingerprint density at radius 3 is 1.21 bits per heavy atom. The summed E-state index contributed by atoms with van der Waals surface area (Å²) in [4.78, 5) is 8.15. The molecule has 0 aromatic carbocycles. The molecule has 2 saturated heterocycles. The van der Waals surface area contributed by atoms with Gasteiger partial charge < -0.3 is 30.4 Å². The van der Waals surface area contributed by atoms with Crippen LogP contribution in [0.2, 0.25) is 0 Å². The predicted octanol–water partition coefficient (Wildman–Crippen LogP) is 5.11. The van der Waals surface area contributed by atoms with E-state index in [9.17, 15) is 0 Å². The van der Waals surface area contributed by atoms with Crippen LogP contribution in [0.4, 0.5) is 11.4 Å². The average Bonchev–Trinajstić information content (AvgIpc) is 3.59. The number of nitrogen functional groups attached to an aromatic ring is 2. The molecule has 2 spiro atoms. The van der Waals surface area contributed by atoms with Crippen LogP contribution >= 0.6 is 0 Å². The molecule has 0 radical (unpaired) electrons. The van der Waals surface area contributed by atoms with Crippen LogP contribution in [0.5, 0.6) is 0 Å². The van der Waals surface area contributed by atoms with E-state index >= 15 is 0 Å². The van der Waals surface area contributed by atoms with Crippen molar-refractivity contribution < 1.29 is 18.9 Å². The lowest BCUT2D eigenvalue weighted by Crippen LogP contribution is -2.48. The van der Waals surface area contributed by atoms with Gasteiger partial charge in [-0.25, -0.2) is 0 Å². The summed E-state index contributed by atoms with van der Waals surface area (Å²) in [6, 6.07) is 4.10. The normalized spacial score (nSPS) is 33.7. The van der Waals surface area contributed by atoms with Gasteiger partial charge in [0.1, 0.15) is 0 Å². The molecular formula is C30H44N4O4. The van der Waals surface area contributed by atoms with E-state index in [4.69, 9.17) is 30.4 Å². The number of nitrogens with two attached hydrogens (primary N) is 2. The average molecular weight is 525 g/mol. The largest absolute Gasteiger partial charge is 0.397 e. The van der Waals surface area contributed by atoms with Crippen molar-refractivity contribution >= 4 is 11.4 Å². The monoisotopic (exact) mass is 524 g/mol. The van der Waals surface area contributed by atoms with Crippen LogP contribution in [-0.4, -0.2) is 48.0 Å². The van der Waals surface area contributed by atoms with Gasteiger partial charge in [0, 0.05) is 36.1 Å². The van der Waals surface area contributed by atoms with Crippen molar-refractivity contribution in [3.8, 4) is 0 Å². The fraction of sp³-hybridized carbons (Fsp3) is 0.667. The fourth-order valence-corrected chi connectivity index (χ4v) is 7.64. The first kappa shape index (κ1) is 27.3. The van der Waals surface area contributed by atoms with Crippen LogP contribution in [0.15, 0.2) is 36.9 Å². The van der Waals surface area contributed by atoms with Crippen molar-refractivity contribution in [1.29, 1.82) is 0 Å². The molecule has 4 aliphatic rings. The minimum Gasteiger partial charge on any atom is -0.397 e. The number of pyridine rings is 2. The smallest absolute Gasteiger partial charge is 0.173 e. The second-order valence-corrected chi connectivity index (χ2v) is 11.8. The Bertz CT molecular complexity index is 972. The molecule has 6 rings (SSSR count). The molecule has 208 valence electrons. The Hall–Kier alpha value is -2.26. The van der Waals surface area contributed by atoms with E-state index in [2.05, 4.69) is 37.7 Å². The van der Waals surface area contributed by atoms with Crippen LogP contribution in [-0.2, 0) is 18.9 Å². The molecule has 0 amide bonds. The molecule has 2 aromatic rings. The standard InChI is InChI=1S/2C15H22N2O2/c2*1-10-7-12(13-3-4-17-9-14(13)16)8-11(2)15(10)18-5-6-19-15/h2*3-4,9-12H,5-8,16H2,1-2H3/t2*10-,11+,12?. The summed E-state index contributed by atoms with van der Waals surface area (Å²) >= 11 is 0. The van der Waals surface area contributed by atoms with Crippen LogP contribution < -0.4 is 11.5 Å². The maximum atomic E-state index is 6.06. The molecule has 4 heterocycles. The summed E-state index contributed by atoms with van der Waals surface area (Å²) in [5.74, 6) is 1.77. The van der Waals surface area contributed by atoms with Gasteiger partial charge in [0.25, 0.3) is 0 Å². The zero-order valence-electron chi connectivity index (χ0n) is 23.3. The Labute approximate surface area is 226 Å². The first-order valence-electron chi connectivity index (χ1n) is 14.2. The van der Waals surface area contributed by atoms with Gasteiger partial charge in [-0.15, -0.1) is 0 Å². The van der Waals surface area contributed by atoms with Gasteiger partial charge in [0.05, 0.1) is 50.2 Å². The number of hydrogen-bond donors (Lipinski definition) is 2. The number of nitrogens with zero attached hydrogens (tertiary/aromatic N) is 2. The van der Waals surface area contributed by atoms with Crippen LogP contribution in [0.1, 0.15) is 76.3 Å². The number of ether oxygens (including phenoxy) is 4. The minimum atomic E-state index is -0.363. The molecule has 2 saturated carbocycles. The molecule has 2 aromatic heterocycles. The zero-order valence-corrected chi connectivity index (χ0v) is 23.3. The third kappa shape index (κ3) is 4.92. The second kappa shape index (κ2) is 11.1. The van der Waals surface area contributed by atoms with E-state index in [0.29, 0.717) is 35.5 Å². The second-order valence-electron chi connectivity index (χ2n) is 11.8. The zero-order chi connectivity index (χ0) is 26.9.